The fraction of sp³-hybridized carbons (Fsp3) is 0.474. The number of benzene rings is 1. The van der Waals surface area contributed by atoms with Crippen molar-refractivity contribution < 1.29 is 23.1 Å². The molecule has 1 N–H and O–H groups in total. The van der Waals surface area contributed by atoms with E-state index in [9.17, 15) is 23.1 Å². The number of carbonyl (C=O) groups is 1. The second-order valence-corrected chi connectivity index (χ2v) is 7.89. The van der Waals surface area contributed by atoms with Crippen molar-refractivity contribution in [3.8, 4) is 0 Å². The van der Waals surface area contributed by atoms with Crippen LogP contribution in [0.2, 0.25) is 0 Å². The van der Waals surface area contributed by atoms with Gasteiger partial charge in [-0.2, -0.15) is 13.2 Å². The van der Waals surface area contributed by atoms with Crippen LogP contribution in [0.4, 0.5) is 18.9 Å². The Kier molecular flexibility index (Phi) is 5.67. The Morgan fingerprint density at radius 3 is 2.43 bits per heavy atom. The Bertz CT molecular complexity index is 847. The summed E-state index contributed by atoms with van der Waals surface area (Å²) in [5.74, 6) is -0.725. The Morgan fingerprint density at radius 1 is 1.21 bits per heavy atom. The summed E-state index contributed by atoms with van der Waals surface area (Å²) in [5, 5.41) is 11.3. The van der Waals surface area contributed by atoms with Crippen molar-refractivity contribution in [1.82, 2.24) is 9.88 Å². The van der Waals surface area contributed by atoms with Gasteiger partial charge >= 0.3 is 6.18 Å². The molecule has 0 bridgehead atoms. The molecule has 1 aromatic heterocycles. The summed E-state index contributed by atoms with van der Waals surface area (Å²) in [7, 11) is 0. The molecule has 0 spiro atoms. The van der Waals surface area contributed by atoms with Gasteiger partial charge in [-0.05, 0) is 31.5 Å². The van der Waals surface area contributed by atoms with E-state index in [1.807, 2.05) is 31.2 Å². The van der Waals surface area contributed by atoms with Crippen LogP contribution >= 0.6 is 11.3 Å². The highest BCUT2D eigenvalue weighted by atomic mass is 32.1. The molecule has 9 heteroatoms. The largest absolute Gasteiger partial charge is 0.424 e. The minimum atomic E-state index is -4.99. The standard InChI is InChI=1S/C19H22F3N3O2S/c1-13-4-3-5-15(10-13)24-6-8-25(9-7-24)16(26)11-18(27,19(20,21)22)17-23-14(2)12-28-17/h3-5,10,12,27H,6-9,11H2,1-2H3. The van der Waals surface area contributed by atoms with Crippen LogP contribution < -0.4 is 4.90 Å². The molecular formula is C19H22F3N3O2S. The van der Waals surface area contributed by atoms with E-state index in [0.29, 0.717) is 43.2 Å². The molecule has 0 aliphatic carbocycles. The number of amides is 1. The fourth-order valence-electron chi connectivity index (χ4n) is 3.21. The average Bonchev–Trinajstić information content (AvgIpc) is 3.08. The molecule has 2 heterocycles. The number of nitrogens with zero attached hydrogens (tertiary/aromatic N) is 3. The number of piperazine rings is 1. The van der Waals surface area contributed by atoms with Crippen LogP contribution in [0.5, 0.6) is 0 Å². The van der Waals surface area contributed by atoms with Gasteiger partial charge in [0, 0.05) is 42.9 Å². The number of carbonyl (C=O) groups excluding carboxylic acids is 1. The molecule has 1 atom stereocenters. The molecule has 1 amide bonds. The number of hydrogen-bond donors (Lipinski definition) is 1. The summed E-state index contributed by atoms with van der Waals surface area (Å²) >= 11 is 0.711. The quantitative estimate of drug-likeness (QED) is 0.836. The second-order valence-electron chi connectivity index (χ2n) is 7.04. The first-order valence-electron chi connectivity index (χ1n) is 8.91. The number of anilines is 1. The number of rotatable bonds is 4. The zero-order chi connectivity index (χ0) is 20.5. The molecule has 0 saturated carbocycles. The van der Waals surface area contributed by atoms with Crippen LogP contribution in [0.15, 0.2) is 29.6 Å². The zero-order valence-electron chi connectivity index (χ0n) is 15.7. The first-order valence-corrected chi connectivity index (χ1v) is 9.79. The molecule has 28 heavy (non-hydrogen) atoms. The van der Waals surface area contributed by atoms with E-state index in [2.05, 4.69) is 9.88 Å². The smallest absolute Gasteiger partial charge is 0.374 e. The van der Waals surface area contributed by atoms with Gasteiger partial charge in [0.05, 0.1) is 6.42 Å². The highest BCUT2D eigenvalue weighted by Crippen LogP contribution is 2.43. The zero-order valence-corrected chi connectivity index (χ0v) is 16.5. The Morgan fingerprint density at radius 2 is 1.89 bits per heavy atom. The summed E-state index contributed by atoms with van der Waals surface area (Å²) < 4.78 is 40.8. The average molecular weight is 413 g/mol. The van der Waals surface area contributed by atoms with E-state index >= 15 is 0 Å². The lowest BCUT2D eigenvalue weighted by atomic mass is 9.98. The number of halogens is 3. The lowest BCUT2D eigenvalue weighted by Gasteiger charge is -2.38. The van der Waals surface area contributed by atoms with E-state index in [4.69, 9.17) is 0 Å². The van der Waals surface area contributed by atoms with Gasteiger partial charge < -0.3 is 14.9 Å². The first-order chi connectivity index (χ1) is 13.1. The summed E-state index contributed by atoms with van der Waals surface area (Å²) in [4.78, 5) is 19.8. The van der Waals surface area contributed by atoms with Crippen molar-refractivity contribution in [3.63, 3.8) is 0 Å². The maximum absolute atomic E-state index is 13.6. The molecular weight excluding hydrogens is 391 g/mol. The van der Waals surface area contributed by atoms with Crippen LogP contribution in [0.3, 0.4) is 0 Å². The molecule has 5 nitrogen and oxygen atoms in total. The normalized spacial score (nSPS) is 17.5. The number of thiazole rings is 1. The van der Waals surface area contributed by atoms with Gasteiger partial charge in [0.15, 0.2) is 0 Å². The van der Waals surface area contributed by atoms with E-state index < -0.39 is 29.1 Å². The van der Waals surface area contributed by atoms with Gasteiger partial charge in [0.1, 0.15) is 5.01 Å². The lowest BCUT2D eigenvalue weighted by Crippen LogP contribution is -2.52. The predicted octanol–water partition coefficient (Wildman–Crippen LogP) is 3.25. The second kappa shape index (κ2) is 7.71. The highest BCUT2D eigenvalue weighted by Gasteiger charge is 2.58. The van der Waals surface area contributed by atoms with E-state index in [1.54, 1.807) is 6.92 Å². The van der Waals surface area contributed by atoms with Crippen molar-refractivity contribution in [1.29, 1.82) is 0 Å². The van der Waals surface area contributed by atoms with Crippen molar-refractivity contribution in [2.75, 3.05) is 31.1 Å². The van der Waals surface area contributed by atoms with Gasteiger partial charge in [-0.1, -0.05) is 12.1 Å². The summed E-state index contributed by atoms with van der Waals surface area (Å²) in [6.45, 7) is 5.19. The minimum absolute atomic E-state index is 0.303. The lowest BCUT2D eigenvalue weighted by molar-refractivity contribution is -0.268. The van der Waals surface area contributed by atoms with Gasteiger partial charge in [0.25, 0.3) is 0 Å². The van der Waals surface area contributed by atoms with Crippen LogP contribution in [-0.2, 0) is 10.4 Å². The molecule has 1 saturated heterocycles. The molecule has 1 fully saturated rings. The number of aliphatic hydroxyl groups is 1. The van der Waals surface area contributed by atoms with Gasteiger partial charge in [-0.3, -0.25) is 4.79 Å². The summed E-state index contributed by atoms with van der Waals surface area (Å²) in [6.07, 6.45) is -6.05. The SMILES string of the molecule is Cc1cccc(N2CCN(C(=O)CC(O)(c3nc(C)cs3)C(F)(F)F)CC2)c1. The molecule has 1 aliphatic rings. The van der Waals surface area contributed by atoms with Crippen molar-refractivity contribution in [2.24, 2.45) is 0 Å². The van der Waals surface area contributed by atoms with Gasteiger partial charge in [-0.15, -0.1) is 11.3 Å². The third-order valence-electron chi connectivity index (χ3n) is 4.85. The van der Waals surface area contributed by atoms with E-state index in [1.165, 1.54) is 10.3 Å². The maximum atomic E-state index is 13.6. The summed E-state index contributed by atoms with van der Waals surface area (Å²) in [5.41, 5.74) is -0.750. The molecule has 1 unspecified atom stereocenters. The predicted molar refractivity (Wildman–Crippen MR) is 101 cm³/mol. The molecule has 152 valence electrons. The molecule has 1 aliphatic heterocycles. The van der Waals surface area contributed by atoms with Crippen LogP contribution in [0.25, 0.3) is 0 Å². The first kappa shape index (κ1) is 20.6. The Balaban J connectivity index is 1.69. The van der Waals surface area contributed by atoms with E-state index in [0.717, 1.165) is 11.3 Å². The topological polar surface area (TPSA) is 56.7 Å². The van der Waals surface area contributed by atoms with Crippen molar-refractivity contribution >= 4 is 22.9 Å². The summed E-state index contributed by atoms with van der Waals surface area (Å²) in [6, 6.07) is 7.94. The maximum Gasteiger partial charge on any atom is 0.424 e. The van der Waals surface area contributed by atoms with Crippen LogP contribution in [-0.4, -0.2) is 53.3 Å². The third kappa shape index (κ3) is 4.15. The number of alkyl halides is 3. The number of aryl methyl sites for hydroxylation is 2. The molecule has 3 rings (SSSR count). The van der Waals surface area contributed by atoms with Crippen molar-refractivity contribution in [3.05, 3.63) is 45.9 Å². The molecule has 0 radical (unpaired) electrons. The van der Waals surface area contributed by atoms with Crippen molar-refractivity contribution in [2.45, 2.75) is 32.0 Å². The number of hydrogen-bond acceptors (Lipinski definition) is 5. The Hall–Kier alpha value is -2.13. The van der Waals surface area contributed by atoms with E-state index in [-0.39, 0.29) is 0 Å². The van der Waals surface area contributed by atoms with Crippen LogP contribution in [0, 0.1) is 13.8 Å². The van der Waals surface area contributed by atoms with Gasteiger partial charge in [-0.25, -0.2) is 4.98 Å². The highest BCUT2D eigenvalue weighted by molar-refractivity contribution is 7.09. The number of aromatic nitrogens is 1. The fourth-order valence-corrected chi connectivity index (χ4v) is 4.12. The minimum Gasteiger partial charge on any atom is -0.374 e. The molecule has 1 aromatic carbocycles. The van der Waals surface area contributed by atoms with Gasteiger partial charge in [0.2, 0.25) is 11.5 Å². The Labute approximate surface area is 165 Å². The van der Waals surface area contributed by atoms with Crippen LogP contribution in [0.1, 0.15) is 22.7 Å². The monoisotopic (exact) mass is 413 g/mol. The third-order valence-corrected chi connectivity index (χ3v) is 5.96. The molecule has 2 aromatic rings.